The maximum absolute atomic E-state index is 13.5. The van der Waals surface area contributed by atoms with Crippen LogP contribution in [0, 0.1) is 23.7 Å². The molecule has 0 radical (unpaired) electrons. The van der Waals surface area contributed by atoms with Gasteiger partial charge in [-0.3, -0.25) is 4.79 Å². The molecule has 0 amide bonds. The van der Waals surface area contributed by atoms with Gasteiger partial charge >= 0.3 is 0 Å². The maximum atomic E-state index is 13.5. The molecule has 3 aliphatic heterocycles. The van der Waals surface area contributed by atoms with E-state index in [0.29, 0.717) is 45.1 Å². The van der Waals surface area contributed by atoms with E-state index in [-0.39, 0.29) is 79.6 Å². The van der Waals surface area contributed by atoms with Gasteiger partial charge in [-0.25, -0.2) is 0 Å². The lowest BCUT2D eigenvalue weighted by Gasteiger charge is -2.49. The molecule has 3 saturated heterocycles. The molecule has 5 N–H and O–H groups in total. The molecular formula is C35H60O10. The van der Waals surface area contributed by atoms with Gasteiger partial charge in [-0.15, -0.1) is 0 Å². The van der Waals surface area contributed by atoms with E-state index in [1.807, 2.05) is 13.8 Å². The van der Waals surface area contributed by atoms with Gasteiger partial charge in [0, 0.05) is 44.8 Å². The predicted octanol–water partition coefficient (Wildman–Crippen LogP) is 3.09. The van der Waals surface area contributed by atoms with Crippen molar-refractivity contribution in [3.63, 3.8) is 0 Å². The van der Waals surface area contributed by atoms with Crippen LogP contribution >= 0.6 is 0 Å². The number of ether oxygens (including phenoxy) is 4. The van der Waals surface area contributed by atoms with Crippen molar-refractivity contribution in [2.45, 2.75) is 159 Å². The van der Waals surface area contributed by atoms with Crippen LogP contribution in [0.4, 0.5) is 0 Å². The number of ketones is 1. The van der Waals surface area contributed by atoms with Gasteiger partial charge in [0.2, 0.25) is 0 Å². The van der Waals surface area contributed by atoms with Crippen molar-refractivity contribution >= 4 is 5.78 Å². The van der Waals surface area contributed by atoms with Crippen LogP contribution in [0.2, 0.25) is 0 Å². The van der Waals surface area contributed by atoms with Crippen molar-refractivity contribution in [1.29, 1.82) is 0 Å². The average molecular weight is 641 g/mol. The first-order valence-corrected chi connectivity index (χ1v) is 17.6. The van der Waals surface area contributed by atoms with Crippen molar-refractivity contribution in [2.75, 3.05) is 19.8 Å². The number of carbonyl (C=O) groups is 1. The smallest absolute Gasteiger partial charge is 0.135 e. The summed E-state index contributed by atoms with van der Waals surface area (Å²) >= 11 is 0. The Morgan fingerprint density at radius 1 is 1.02 bits per heavy atom. The van der Waals surface area contributed by atoms with Crippen molar-refractivity contribution < 1.29 is 49.3 Å². The molecule has 0 spiro atoms. The highest BCUT2D eigenvalue weighted by Crippen LogP contribution is 2.43. The Bertz CT molecular complexity index is 930. The van der Waals surface area contributed by atoms with Crippen LogP contribution in [0.15, 0.2) is 12.2 Å². The molecule has 4 aliphatic rings. The summed E-state index contributed by atoms with van der Waals surface area (Å²) in [6.45, 7) is 10.5. The molecule has 14 atom stereocenters. The number of fused-ring (bicyclic) bond motifs is 1. The molecular weight excluding hydrogens is 580 g/mol. The summed E-state index contributed by atoms with van der Waals surface area (Å²) in [6, 6.07) is 0. The Labute approximate surface area is 269 Å². The standard InChI is InChI=1S/C35H60O10/c1-5-30(40)29-15-22-9-10-27(45-34(22)33(41)35(29)42-6-2)16-24(38)13-23-14-28(17-25(39)19-37)44-32(23)18-31-21(4)20(3)12-26(43-31)8-7-11-36/h20,22-23,25-37,39-41H,4-19H2,1-3H3/t20-,22?,23?,25?,26?,27?,28?,29+,30?,31-,32+,33?,34+,35?/m1/s1. The van der Waals surface area contributed by atoms with Gasteiger partial charge in [-0.05, 0) is 81.6 Å². The number of hydrogen-bond donors (Lipinski definition) is 5. The number of Topliss-reactive ketones (excluding diaryl/α,β-unsaturated/α-hetero) is 1. The molecule has 10 heteroatoms. The van der Waals surface area contributed by atoms with Gasteiger partial charge in [0.1, 0.15) is 11.9 Å². The normalized spacial score (nSPS) is 40.2. The fraction of sp³-hybridized carbons (Fsp3) is 0.914. The van der Waals surface area contributed by atoms with Crippen LogP contribution in [0.3, 0.4) is 0 Å². The monoisotopic (exact) mass is 640 g/mol. The van der Waals surface area contributed by atoms with E-state index in [1.54, 1.807) is 0 Å². The third kappa shape index (κ3) is 9.57. The largest absolute Gasteiger partial charge is 0.396 e. The second-order valence-electron chi connectivity index (χ2n) is 14.2. The lowest BCUT2D eigenvalue weighted by Crippen LogP contribution is -2.58. The zero-order valence-corrected chi connectivity index (χ0v) is 27.7. The lowest BCUT2D eigenvalue weighted by molar-refractivity contribution is -0.218. The maximum Gasteiger partial charge on any atom is 0.135 e. The van der Waals surface area contributed by atoms with Gasteiger partial charge in [0.15, 0.2) is 0 Å². The highest BCUT2D eigenvalue weighted by Gasteiger charge is 2.50. The van der Waals surface area contributed by atoms with E-state index in [4.69, 9.17) is 18.9 Å². The average Bonchev–Trinajstić information content (AvgIpc) is 3.38. The second kappa shape index (κ2) is 17.4. The van der Waals surface area contributed by atoms with Crippen molar-refractivity contribution in [3.8, 4) is 0 Å². The molecule has 0 aromatic rings. The van der Waals surface area contributed by atoms with Crippen LogP contribution in [-0.2, 0) is 23.7 Å². The van der Waals surface area contributed by atoms with Crippen molar-refractivity contribution in [1.82, 2.24) is 0 Å². The summed E-state index contributed by atoms with van der Waals surface area (Å²) < 4.78 is 25.2. The Balaban J connectivity index is 1.37. The summed E-state index contributed by atoms with van der Waals surface area (Å²) in [5, 5.41) is 50.8. The quantitative estimate of drug-likeness (QED) is 0.159. The zero-order valence-electron chi connectivity index (χ0n) is 27.7. The highest BCUT2D eigenvalue weighted by atomic mass is 16.5. The molecule has 0 aromatic carbocycles. The van der Waals surface area contributed by atoms with E-state index < -0.39 is 30.5 Å². The Morgan fingerprint density at radius 3 is 2.49 bits per heavy atom. The lowest BCUT2D eigenvalue weighted by atomic mass is 9.70. The van der Waals surface area contributed by atoms with Gasteiger partial charge in [-0.2, -0.15) is 0 Å². The SMILES string of the molecule is C=C1[C@H](C)CC(CCCO)O[C@@H]1C[C@@H]1OC(CC(O)CO)CC1CC(=O)CC1CCC2C[C@@H](C(O)CC)C(OCC)C(O)[C@H]2O1. The Hall–Kier alpha value is -0.950. The van der Waals surface area contributed by atoms with Gasteiger partial charge < -0.3 is 44.5 Å². The number of carbonyl (C=O) groups excluding carboxylic acids is 1. The molecule has 1 saturated carbocycles. The zero-order chi connectivity index (χ0) is 32.7. The van der Waals surface area contributed by atoms with Crippen molar-refractivity contribution in [2.24, 2.45) is 23.7 Å². The second-order valence-corrected chi connectivity index (χ2v) is 14.2. The molecule has 1 aliphatic carbocycles. The summed E-state index contributed by atoms with van der Waals surface area (Å²) in [4.78, 5) is 13.5. The topological polar surface area (TPSA) is 155 Å². The van der Waals surface area contributed by atoms with Crippen molar-refractivity contribution in [3.05, 3.63) is 12.2 Å². The summed E-state index contributed by atoms with van der Waals surface area (Å²) in [7, 11) is 0. The third-order valence-corrected chi connectivity index (χ3v) is 10.9. The molecule has 0 bridgehead atoms. The van der Waals surface area contributed by atoms with E-state index in [0.717, 1.165) is 37.7 Å². The van der Waals surface area contributed by atoms with Crippen LogP contribution in [0.5, 0.6) is 0 Å². The number of rotatable bonds is 16. The fourth-order valence-electron chi connectivity index (χ4n) is 8.43. The highest BCUT2D eigenvalue weighted by molar-refractivity contribution is 5.79. The summed E-state index contributed by atoms with van der Waals surface area (Å²) in [5.41, 5.74) is 1.03. The van der Waals surface area contributed by atoms with Crippen LogP contribution in [0.1, 0.15) is 97.8 Å². The Morgan fingerprint density at radius 2 is 1.80 bits per heavy atom. The van der Waals surface area contributed by atoms with Crippen LogP contribution in [-0.4, -0.2) is 112 Å². The summed E-state index contributed by atoms with van der Waals surface area (Å²) in [5.74, 6) is 0.290. The van der Waals surface area contributed by atoms with E-state index in [2.05, 4.69) is 13.5 Å². The van der Waals surface area contributed by atoms with Gasteiger partial charge in [0.05, 0.1) is 61.5 Å². The van der Waals surface area contributed by atoms with Crippen LogP contribution in [0.25, 0.3) is 0 Å². The number of hydrogen-bond acceptors (Lipinski definition) is 10. The first-order valence-electron chi connectivity index (χ1n) is 17.6. The van der Waals surface area contributed by atoms with Gasteiger partial charge in [-0.1, -0.05) is 20.4 Å². The van der Waals surface area contributed by atoms with Crippen LogP contribution < -0.4 is 0 Å². The molecule has 45 heavy (non-hydrogen) atoms. The van der Waals surface area contributed by atoms with E-state index in [1.165, 1.54) is 0 Å². The number of aliphatic hydroxyl groups is 5. The molecule has 260 valence electrons. The van der Waals surface area contributed by atoms with Gasteiger partial charge in [0.25, 0.3) is 0 Å². The minimum absolute atomic E-state index is 0.0430. The minimum atomic E-state index is -0.877. The van der Waals surface area contributed by atoms with E-state index in [9.17, 15) is 30.3 Å². The Kier molecular flexibility index (Phi) is 14.3. The molecule has 3 heterocycles. The molecule has 0 aromatic heterocycles. The minimum Gasteiger partial charge on any atom is -0.396 e. The first-order chi connectivity index (χ1) is 21.6. The molecule has 4 rings (SSSR count). The number of aliphatic hydroxyl groups excluding tert-OH is 5. The molecule has 9 unspecified atom stereocenters. The summed E-state index contributed by atoms with van der Waals surface area (Å²) in [6.07, 6.45) is 3.17. The predicted molar refractivity (Wildman–Crippen MR) is 168 cm³/mol. The van der Waals surface area contributed by atoms with E-state index >= 15 is 0 Å². The molecule has 10 nitrogen and oxygen atoms in total. The fourth-order valence-corrected chi connectivity index (χ4v) is 8.43. The first kappa shape index (κ1) is 36.9. The third-order valence-electron chi connectivity index (χ3n) is 10.9. The molecule has 4 fully saturated rings.